The lowest BCUT2D eigenvalue weighted by molar-refractivity contribution is -0.167. The average molecular weight is 384 g/mol. The number of nitrogen functional groups attached to an aromatic ring is 1. The van der Waals surface area contributed by atoms with E-state index >= 15 is 0 Å². The van der Waals surface area contributed by atoms with Gasteiger partial charge in [-0.3, -0.25) is 4.79 Å². The largest absolute Gasteiger partial charge is 0.435 e. The first-order valence-electron chi connectivity index (χ1n) is 6.22. The summed E-state index contributed by atoms with van der Waals surface area (Å²) in [5.74, 6) is -5.00. The van der Waals surface area contributed by atoms with Crippen LogP contribution in [0.5, 0.6) is 0 Å². The van der Waals surface area contributed by atoms with Crippen LogP contribution in [-0.2, 0) is 12.4 Å². The zero-order valence-electron chi connectivity index (χ0n) is 12.1. The minimum Gasteiger partial charge on any atom is -0.382 e. The molecule has 1 rings (SSSR count). The van der Waals surface area contributed by atoms with E-state index in [4.69, 9.17) is 5.73 Å². The smallest absolute Gasteiger partial charge is 0.382 e. The summed E-state index contributed by atoms with van der Waals surface area (Å²) in [6, 6.07) is 0. The van der Waals surface area contributed by atoms with Gasteiger partial charge in [-0.2, -0.15) is 39.5 Å². The first-order chi connectivity index (χ1) is 11.0. The van der Waals surface area contributed by atoms with Crippen LogP contribution in [0.25, 0.3) is 0 Å². The molecule has 14 heteroatoms. The standard InChI is InChI=1S/C11H9F9N4O/c1-3(9(12,13)14)2-22-8(25)4-7(21)24-6(11(18,19)20)5(23-4)10(15,16)17/h3H,2H2,1H3,(H2,21,24)(H,22,25). The number of nitrogens with zero attached hydrogens (tertiary/aromatic N) is 2. The Balaban J connectivity index is 3.23. The Morgan fingerprint density at radius 3 is 1.84 bits per heavy atom. The Labute approximate surface area is 133 Å². The first kappa shape index (κ1) is 20.8. The number of nitrogens with two attached hydrogens (primary N) is 1. The molecule has 25 heavy (non-hydrogen) atoms. The second kappa shape index (κ2) is 6.55. The van der Waals surface area contributed by atoms with Crippen molar-refractivity contribution in [2.24, 2.45) is 5.92 Å². The highest BCUT2D eigenvalue weighted by Crippen LogP contribution is 2.38. The predicted molar refractivity (Wildman–Crippen MR) is 64.0 cm³/mol. The number of hydrogen-bond donors (Lipinski definition) is 2. The van der Waals surface area contributed by atoms with E-state index in [0.717, 1.165) is 0 Å². The maximum absolute atomic E-state index is 12.7. The van der Waals surface area contributed by atoms with Gasteiger partial charge in [0.1, 0.15) is 0 Å². The van der Waals surface area contributed by atoms with Crippen LogP contribution < -0.4 is 11.1 Å². The lowest BCUT2D eigenvalue weighted by Crippen LogP contribution is -2.36. The number of anilines is 1. The van der Waals surface area contributed by atoms with Crippen molar-refractivity contribution >= 4 is 11.7 Å². The highest BCUT2D eigenvalue weighted by Gasteiger charge is 2.47. The summed E-state index contributed by atoms with van der Waals surface area (Å²) in [6.07, 6.45) is -15.9. The third-order valence-electron chi connectivity index (χ3n) is 2.80. The molecule has 3 N–H and O–H groups in total. The van der Waals surface area contributed by atoms with Crippen LogP contribution in [0.15, 0.2) is 0 Å². The van der Waals surface area contributed by atoms with Gasteiger partial charge in [-0.05, 0) is 0 Å². The molecule has 0 aliphatic heterocycles. The molecule has 1 aromatic heterocycles. The number of hydrogen-bond acceptors (Lipinski definition) is 4. The molecule has 0 fully saturated rings. The zero-order chi connectivity index (χ0) is 19.8. The van der Waals surface area contributed by atoms with Crippen molar-refractivity contribution in [1.29, 1.82) is 0 Å². The van der Waals surface area contributed by atoms with Gasteiger partial charge >= 0.3 is 18.5 Å². The predicted octanol–water partition coefficient (Wildman–Crippen LogP) is 3.02. The molecule has 5 nitrogen and oxygen atoms in total. The fourth-order valence-electron chi connectivity index (χ4n) is 1.46. The van der Waals surface area contributed by atoms with Gasteiger partial charge in [0.15, 0.2) is 22.9 Å². The topological polar surface area (TPSA) is 80.9 Å². The third kappa shape index (κ3) is 5.09. The molecule has 1 atom stereocenters. The van der Waals surface area contributed by atoms with E-state index in [1.807, 2.05) is 0 Å². The molecular formula is C11H9F9N4O. The molecule has 1 unspecified atom stereocenters. The Morgan fingerprint density at radius 1 is 1.00 bits per heavy atom. The van der Waals surface area contributed by atoms with Crippen LogP contribution in [0.3, 0.4) is 0 Å². The van der Waals surface area contributed by atoms with Gasteiger partial charge in [0.25, 0.3) is 5.91 Å². The summed E-state index contributed by atoms with van der Waals surface area (Å²) in [5.41, 5.74) is -1.35. The van der Waals surface area contributed by atoms with E-state index in [1.54, 1.807) is 5.32 Å². The fourth-order valence-corrected chi connectivity index (χ4v) is 1.46. The molecule has 0 aliphatic carbocycles. The number of aromatic nitrogens is 2. The van der Waals surface area contributed by atoms with Crippen LogP contribution >= 0.6 is 0 Å². The monoisotopic (exact) mass is 384 g/mol. The number of alkyl halides is 9. The van der Waals surface area contributed by atoms with Gasteiger partial charge in [-0.25, -0.2) is 9.97 Å². The van der Waals surface area contributed by atoms with Crippen molar-refractivity contribution in [3.63, 3.8) is 0 Å². The lowest BCUT2D eigenvalue weighted by Gasteiger charge is -2.18. The number of amides is 1. The molecule has 1 heterocycles. The summed E-state index contributed by atoms with van der Waals surface area (Å²) < 4.78 is 113. The van der Waals surface area contributed by atoms with Gasteiger partial charge in [0, 0.05) is 6.54 Å². The van der Waals surface area contributed by atoms with Crippen LogP contribution in [0.1, 0.15) is 28.8 Å². The van der Waals surface area contributed by atoms with E-state index in [9.17, 15) is 44.3 Å². The van der Waals surface area contributed by atoms with E-state index in [0.29, 0.717) is 6.92 Å². The van der Waals surface area contributed by atoms with E-state index < -0.39 is 59.8 Å². The number of carbonyl (C=O) groups is 1. The number of nitrogens with one attached hydrogen (secondary N) is 1. The molecule has 0 aliphatic rings. The normalized spacial score (nSPS) is 14.3. The summed E-state index contributed by atoms with van der Waals surface area (Å²) >= 11 is 0. The molecule has 0 saturated carbocycles. The van der Waals surface area contributed by atoms with Crippen molar-refractivity contribution in [3.05, 3.63) is 17.1 Å². The molecule has 1 aromatic rings. The van der Waals surface area contributed by atoms with Crippen molar-refractivity contribution in [2.45, 2.75) is 25.5 Å². The summed E-state index contributed by atoms with van der Waals surface area (Å²) in [7, 11) is 0. The second-order valence-corrected chi connectivity index (χ2v) is 4.80. The first-order valence-corrected chi connectivity index (χ1v) is 6.22. The second-order valence-electron chi connectivity index (χ2n) is 4.80. The third-order valence-corrected chi connectivity index (χ3v) is 2.80. The molecule has 1 amide bonds. The van der Waals surface area contributed by atoms with Crippen LogP contribution in [-0.4, -0.2) is 28.6 Å². The maximum atomic E-state index is 12.7. The Morgan fingerprint density at radius 2 is 1.44 bits per heavy atom. The van der Waals surface area contributed by atoms with Crippen LogP contribution in [0.2, 0.25) is 0 Å². The van der Waals surface area contributed by atoms with E-state index in [-0.39, 0.29) is 0 Å². The highest BCUT2D eigenvalue weighted by molar-refractivity contribution is 5.96. The minimum atomic E-state index is -5.63. The van der Waals surface area contributed by atoms with Crippen LogP contribution in [0.4, 0.5) is 45.3 Å². The van der Waals surface area contributed by atoms with E-state index in [2.05, 4.69) is 9.97 Å². The van der Waals surface area contributed by atoms with Gasteiger partial charge in [-0.1, -0.05) is 6.92 Å². The molecule has 0 saturated heterocycles. The Bertz CT molecular complexity index is 651. The molecular weight excluding hydrogens is 375 g/mol. The molecule has 142 valence electrons. The molecule has 0 radical (unpaired) electrons. The quantitative estimate of drug-likeness (QED) is 0.786. The maximum Gasteiger partial charge on any atom is 0.435 e. The van der Waals surface area contributed by atoms with Gasteiger partial charge < -0.3 is 11.1 Å². The average Bonchev–Trinajstić information content (AvgIpc) is 2.40. The van der Waals surface area contributed by atoms with Crippen LogP contribution in [0, 0.1) is 5.92 Å². The number of carbonyl (C=O) groups excluding carboxylic acids is 1. The SMILES string of the molecule is CC(CNC(=O)c1nc(C(F)(F)F)c(C(F)(F)F)nc1N)C(F)(F)F. The van der Waals surface area contributed by atoms with E-state index in [1.165, 1.54) is 0 Å². The van der Waals surface area contributed by atoms with Crippen molar-refractivity contribution in [2.75, 3.05) is 12.3 Å². The van der Waals surface area contributed by atoms with Crippen molar-refractivity contribution in [3.8, 4) is 0 Å². The molecule has 0 spiro atoms. The highest BCUT2D eigenvalue weighted by atomic mass is 19.4. The van der Waals surface area contributed by atoms with Gasteiger partial charge in [-0.15, -0.1) is 0 Å². The molecule has 0 aromatic carbocycles. The summed E-state index contributed by atoms with van der Waals surface area (Å²) in [5, 5.41) is 1.59. The number of halogens is 9. The van der Waals surface area contributed by atoms with Crippen molar-refractivity contribution in [1.82, 2.24) is 15.3 Å². The molecule has 0 bridgehead atoms. The summed E-state index contributed by atoms with van der Waals surface area (Å²) in [6.45, 7) is -0.380. The van der Waals surface area contributed by atoms with Gasteiger partial charge in [0.05, 0.1) is 5.92 Å². The Hall–Kier alpha value is -2.28. The fraction of sp³-hybridized carbons (Fsp3) is 0.545. The van der Waals surface area contributed by atoms with Crippen molar-refractivity contribution < 1.29 is 44.3 Å². The summed E-state index contributed by atoms with van der Waals surface area (Å²) in [4.78, 5) is 16.6. The minimum absolute atomic E-state index is 0.670. The Kier molecular flexibility index (Phi) is 5.44. The number of rotatable bonds is 3. The zero-order valence-corrected chi connectivity index (χ0v) is 12.1. The van der Waals surface area contributed by atoms with Gasteiger partial charge in [0.2, 0.25) is 0 Å². The lowest BCUT2D eigenvalue weighted by atomic mass is 10.1.